The van der Waals surface area contributed by atoms with Crippen LogP contribution in [0.2, 0.25) is 12.1 Å². The van der Waals surface area contributed by atoms with Crippen molar-refractivity contribution in [2.45, 2.75) is 43.4 Å². The molecule has 1 saturated heterocycles. The van der Waals surface area contributed by atoms with Crippen molar-refractivity contribution in [2.75, 3.05) is 0 Å². The second-order valence-corrected chi connectivity index (χ2v) is 11.3. The minimum atomic E-state index is -1.89. The van der Waals surface area contributed by atoms with E-state index < -0.39 is 20.0 Å². The van der Waals surface area contributed by atoms with Gasteiger partial charge >= 0.3 is 11.9 Å². The fourth-order valence-electron chi connectivity index (χ4n) is 3.85. The summed E-state index contributed by atoms with van der Waals surface area (Å²) in [7, 11) is -1.89. The van der Waals surface area contributed by atoms with E-state index in [0.717, 1.165) is 36.1 Å². The molecule has 0 amide bonds. The molecule has 1 aliphatic heterocycles. The van der Waals surface area contributed by atoms with Gasteiger partial charge in [-0.05, 0) is 24.2 Å². The first-order valence-electron chi connectivity index (χ1n) is 8.10. The van der Waals surface area contributed by atoms with Crippen LogP contribution in [-0.2, 0) is 12.1 Å². The van der Waals surface area contributed by atoms with Gasteiger partial charge in [-0.1, -0.05) is 31.4 Å². The molecule has 0 radical (unpaired) electrons. The Morgan fingerprint density at radius 1 is 0.875 bits per heavy atom. The van der Waals surface area contributed by atoms with Gasteiger partial charge in [-0.15, -0.1) is 0 Å². The average molecular weight is 348 g/mol. The summed E-state index contributed by atoms with van der Waals surface area (Å²) in [6.07, 6.45) is 6.26. The Hall–Kier alpha value is -2.28. The van der Waals surface area contributed by atoms with Gasteiger partial charge in [0.05, 0.1) is 20.6 Å². The first-order chi connectivity index (χ1) is 11.5. The van der Waals surface area contributed by atoms with E-state index in [-0.39, 0.29) is 11.5 Å². The maximum Gasteiger partial charge on any atom is 0.372 e. The summed E-state index contributed by atoms with van der Waals surface area (Å²) < 4.78 is 10.2. The number of rotatable bonds is 6. The topological polar surface area (TPSA) is 101 Å². The normalized spacial score (nSPS) is 16.8. The van der Waals surface area contributed by atoms with Crippen LogP contribution in [0.15, 0.2) is 33.5 Å². The number of carboxylic acids is 2. The summed E-state index contributed by atoms with van der Waals surface area (Å²) >= 11 is 0. The third kappa shape index (κ3) is 3.30. The van der Waals surface area contributed by atoms with Gasteiger partial charge in [0.1, 0.15) is 0 Å². The Bertz CT molecular complexity index is 682. The Balaban J connectivity index is 1.90. The highest BCUT2D eigenvalue weighted by Gasteiger charge is 2.38. The van der Waals surface area contributed by atoms with E-state index in [9.17, 15) is 19.8 Å². The van der Waals surface area contributed by atoms with Crippen LogP contribution in [0.3, 0.4) is 0 Å². The predicted molar refractivity (Wildman–Crippen MR) is 88.0 cm³/mol. The van der Waals surface area contributed by atoms with Crippen molar-refractivity contribution in [3.8, 4) is 0 Å². The quantitative estimate of drug-likeness (QED) is 0.771. The minimum Gasteiger partial charge on any atom is -0.475 e. The first kappa shape index (κ1) is 16.6. The van der Waals surface area contributed by atoms with Crippen molar-refractivity contribution < 1.29 is 28.6 Å². The SMILES string of the molecule is O=C(O)c1occc1C[Si]1(Cc2ccoc2C(=O)O)CCCCC1. The van der Waals surface area contributed by atoms with Crippen LogP contribution in [0.5, 0.6) is 0 Å². The summed E-state index contributed by atoms with van der Waals surface area (Å²) in [5, 5.41) is 18.5. The van der Waals surface area contributed by atoms with Gasteiger partial charge in [-0.2, -0.15) is 0 Å². The van der Waals surface area contributed by atoms with Crippen molar-refractivity contribution >= 4 is 20.0 Å². The monoisotopic (exact) mass is 348 g/mol. The number of furan rings is 2. The summed E-state index contributed by atoms with van der Waals surface area (Å²) in [6, 6.07) is 7.02. The standard InChI is InChI=1S/C17H20O6Si/c18-16(19)14-12(4-6-22-14)10-24(8-2-1-3-9-24)11-13-5-7-23-15(13)17(20)21/h4-7H,1-3,8-11H2,(H,18,19)(H,20,21). The van der Waals surface area contributed by atoms with E-state index in [1.54, 1.807) is 12.1 Å². The second kappa shape index (κ2) is 6.68. The number of hydrogen-bond acceptors (Lipinski definition) is 4. The molecule has 24 heavy (non-hydrogen) atoms. The fourth-order valence-corrected chi connectivity index (χ4v) is 9.11. The zero-order valence-electron chi connectivity index (χ0n) is 13.3. The predicted octanol–water partition coefficient (Wildman–Crippen LogP) is 3.77. The van der Waals surface area contributed by atoms with Crippen LogP contribution in [0.4, 0.5) is 0 Å². The molecule has 0 unspecified atom stereocenters. The van der Waals surface area contributed by atoms with E-state index in [2.05, 4.69) is 0 Å². The van der Waals surface area contributed by atoms with Crippen LogP contribution in [0.25, 0.3) is 0 Å². The molecule has 128 valence electrons. The van der Waals surface area contributed by atoms with Crippen molar-refractivity contribution in [2.24, 2.45) is 0 Å². The first-order valence-corrected chi connectivity index (χ1v) is 10.9. The van der Waals surface area contributed by atoms with Crippen LogP contribution in [0, 0.1) is 0 Å². The molecule has 2 aromatic heterocycles. The molecule has 1 fully saturated rings. The molecule has 0 atom stereocenters. The summed E-state index contributed by atoms with van der Waals surface area (Å²) in [5.74, 6) is -2.08. The van der Waals surface area contributed by atoms with Gasteiger partial charge in [-0.3, -0.25) is 0 Å². The smallest absolute Gasteiger partial charge is 0.372 e. The van der Waals surface area contributed by atoms with Gasteiger partial charge in [0, 0.05) is 11.1 Å². The lowest BCUT2D eigenvalue weighted by Gasteiger charge is -2.35. The minimum absolute atomic E-state index is 0.0121. The summed E-state index contributed by atoms with van der Waals surface area (Å²) in [4.78, 5) is 22.6. The molecule has 0 saturated carbocycles. The van der Waals surface area contributed by atoms with E-state index in [0.29, 0.717) is 12.1 Å². The van der Waals surface area contributed by atoms with Crippen LogP contribution in [-0.4, -0.2) is 30.2 Å². The highest BCUT2D eigenvalue weighted by atomic mass is 28.3. The molecule has 0 aromatic carbocycles. The summed E-state index contributed by atoms with van der Waals surface area (Å²) in [5.41, 5.74) is 1.47. The molecule has 7 heteroatoms. The average Bonchev–Trinajstić information content (AvgIpc) is 3.17. The van der Waals surface area contributed by atoms with E-state index in [4.69, 9.17) is 8.83 Å². The van der Waals surface area contributed by atoms with E-state index in [1.807, 2.05) is 0 Å². The molecule has 3 heterocycles. The van der Waals surface area contributed by atoms with Crippen LogP contribution >= 0.6 is 0 Å². The van der Waals surface area contributed by atoms with Crippen LogP contribution < -0.4 is 0 Å². The highest BCUT2D eigenvalue weighted by molar-refractivity contribution is 6.79. The molecule has 2 aromatic rings. The fraction of sp³-hybridized carbons (Fsp3) is 0.412. The second-order valence-electron chi connectivity index (χ2n) is 6.57. The third-order valence-electron chi connectivity index (χ3n) is 4.93. The van der Waals surface area contributed by atoms with Crippen molar-refractivity contribution in [1.29, 1.82) is 0 Å². The van der Waals surface area contributed by atoms with Gasteiger partial charge < -0.3 is 19.0 Å². The Morgan fingerprint density at radius 3 is 1.75 bits per heavy atom. The Kier molecular flexibility index (Phi) is 4.61. The molecule has 3 rings (SSSR count). The lowest BCUT2D eigenvalue weighted by atomic mass is 10.2. The molecular weight excluding hydrogens is 328 g/mol. The largest absolute Gasteiger partial charge is 0.475 e. The molecule has 1 aliphatic rings. The number of carboxylic acid groups (broad SMARTS) is 2. The summed E-state index contributed by atoms with van der Waals surface area (Å²) in [6.45, 7) is 0. The Morgan fingerprint density at radius 2 is 1.33 bits per heavy atom. The van der Waals surface area contributed by atoms with E-state index in [1.165, 1.54) is 18.9 Å². The lowest BCUT2D eigenvalue weighted by Crippen LogP contribution is -2.42. The van der Waals surface area contributed by atoms with Crippen molar-refractivity contribution in [3.63, 3.8) is 0 Å². The number of aromatic carboxylic acids is 2. The number of carbonyl (C=O) groups is 2. The number of hydrogen-bond donors (Lipinski definition) is 2. The molecule has 0 bridgehead atoms. The van der Waals surface area contributed by atoms with Gasteiger partial charge in [0.25, 0.3) is 0 Å². The van der Waals surface area contributed by atoms with Gasteiger partial charge in [0.2, 0.25) is 11.5 Å². The molecule has 0 aliphatic carbocycles. The molecular formula is C17H20O6Si. The zero-order chi connectivity index (χ0) is 17.2. The Labute approximate surface area is 140 Å². The van der Waals surface area contributed by atoms with Crippen molar-refractivity contribution in [3.05, 3.63) is 47.3 Å². The van der Waals surface area contributed by atoms with Gasteiger partial charge in [-0.25, -0.2) is 9.59 Å². The molecule has 0 spiro atoms. The highest BCUT2D eigenvalue weighted by Crippen LogP contribution is 2.36. The molecule has 6 nitrogen and oxygen atoms in total. The zero-order valence-corrected chi connectivity index (χ0v) is 14.3. The van der Waals surface area contributed by atoms with Crippen LogP contribution in [0.1, 0.15) is 51.5 Å². The van der Waals surface area contributed by atoms with Crippen molar-refractivity contribution in [1.82, 2.24) is 0 Å². The van der Waals surface area contributed by atoms with E-state index >= 15 is 0 Å². The molecule has 2 N–H and O–H groups in total. The maximum absolute atomic E-state index is 11.3. The maximum atomic E-state index is 11.3. The van der Waals surface area contributed by atoms with Gasteiger partial charge in [0.15, 0.2) is 0 Å². The lowest BCUT2D eigenvalue weighted by molar-refractivity contribution is 0.0651. The third-order valence-corrected chi connectivity index (χ3v) is 10.0.